The normalized spacial score (nSPS) is 17.3. The number of esters is 1. The highest BCUT2D eigenvalue weighted by molar-refractivity contribution is 5.87. The van der Waals surface area contributed by atoms with Gasteiger partial charge in [-0.2, -0.15) is 0 Å². The van der Waals surface area contributed by atoms with E-state index in [0.29, 0.717) is 6.61 Å². The van der Waals surface area contributed by atoms with E-state index in [4.69, 9.17) is 4.74 Å². The summed E-state index contributed by atoms with van der Waals surface area (Å²) in [6, 6.07) is 0. The Hall–Kier alpha value is -1.62. The number of rotatable bonds is 5. The Labute approximate surface area is 114 Å². The molecule has 0 aliphatic carbocycles. The summed E-state index contributed by atoms with van der Waals surface area (Å²) in [5.41, 5.74) is 0. The summed E-state index contributed by atoms with van der Waals surface area (Å²) >= 11 is 0. The molecular formula is C14H22N2O3. The van der Waals surface area contributed by atoms with Gasteiger partial charge in [-0.3, -0.25) is 9.69 Å². The average molecular weight is 266 g/mol. The Morgan fingerprint density at radius 1 is 1.05 bits per heavy atom. The van der Waals surface area contributed by atoms with Crippen molar-refractivity contribution in [3.8, 4) is 0 Å². The van der Waals surface area contributed by atoms with Crippen LogP contribution in [0.3, 0.4) is 0 Å². The second-order valence-electron chi connectivity index (χ2n) is 4.33. The topological polar surface area (TPSA) is 49.9 Å². The Kier molecular flexibility index (Phi) is 6.89. The summed E-state index contributed by atoms with van der Waals surface area (Å²) in [7, 11) is 0. The predicted molar refractivity (Wildman–Crippen MR) is 73.6 cm³/mol. The number of nitrogens with zero attached hydrogens (tertiary/aromatic N) is 2. The van der Waals surface area contributed by atoms with E-state index < -0.39 is 0 Å². The lowest BCUT2D eigenvalue weighted by Gasteiger charge is -2.33. The second kappa shape index (κ2) is 8.48. The first-order valence-electron chi connectivity index (χ1n) is 6.60. The molecule has 0 radical (unpaired) electrons. The maximum Gasteiger partial charge on any atom is 0.330 e. The molecular weight excluding hydrogens is 244 g/mol. The lowest BCUT2D eigenvalue weighted by Crippen LogP contribution is -2.49. The molecule has 1 aliphatic heterocycles. The van der Waals surface area contributed by atoms with Gasteiger partial charge in [0.15, 0.2) is 0 Å². The fourth-order valence-electron chi connectivity index (χ4n) is 1.90. The van der Waals surface area contributed by atoms with Crippen LogP contribution in [0.25, 0.3) is 0 Å². The summed E-state index contributed by atoms with van der Waals surface area (Å²) in [5, 5.41) is 0. The molecule has 1 heterocycles. The lowest BCUT2D eigenvalue weighted by molar-refractivity contribution is -0.138. The van der Waals surface area contributed by atoms with Crippen LogP contribution in [-0.4, -0.2) is 61.0 Å². The van der Waals surface area contributed by atoms with Gasteiger partial charge in [-0.05, 0) is 19.9 Å². The van der Waals surface area contributed by atoms with Crippen molar-refractivity contribution in [3.63, 3.8) is 0 Å². The van der Waals surface area contributed by atoms with E-state index in [1.807, 2.05) is 11.8 Å². The van der Waals surface area contributed by atoms with Crippen LogP contribution in [0.5, 0.6) is 0 Å². The number of hydrogen-bond acceptors (Lipinski definition) is 4. The van der Waals surface area contributed by atoms with Gasteiger partial charge in [0, 0.05) is 38.8 Å². The Morgan fingerprint density at radius 2 is 1.68 bits per heavy atom. The molecule has 1 amide bonds. The number of hydrogen-bond donors (Lipinski definition) is 0. The van der Waals surface area contributed by atoms with Crippen molar-refractivity contribution in [2.75, 3.05) is 39.3 Å². The molecule has 0 aromatic rings. The first-order valence-corrected chi connectivity index (χ1v) is 6.60. The highest BCUT2D eigenvalue weighted by Gasteiger charge is 2.19. The minimum Gasteiger partial charge on any atom is -0.461 e. The molecule has 5 heteroatoms. The van der Waals surface area contributed by atoms with E-state index >= 15 is 0 Å². The van der Waals surface area contributed by atoms with Gasteiger partial charge in [-0.15, -0.1) is 0 Å². The van der Waals surface area contributed by atoms with Gasteiger partial charge in [-0.25, -0.2) is 4.79 Å². The zero-order chi connectivity index (χ0) is 14.1. The quantitative estimate of drug-likeness (QED) is 0.546. The zero-order valence-corrected chi connectivity index (χ0v) is 11.7. The molecule has 0 spiro atoms. The van der Waals surface area contributed by atoms with Crippen LogP contribution in [-0.2, 0) is 14.3 Å². The Morgan fingerprint density at radius 3 is 2.26 bits per heavy atom. The fraction of sp³-hybridized carbons (Fsp3) is 0.571. The van der Waals surface area contributed by atoms with Crippen LogP contribution in [0.4, 0.5) is 0 Å². The van der Waals surface area contributed by atoms with E-state index in [2.05, 4.69) is 4.90 Å². The minimum atomic E-state index is -0.301. The van der Waals surface area contributed by atoms with Gasteiger partial charge in [0.05, 0.1) is 0 Å². The number of amides is 1. The molecule has 0 unspecified atom stereocenters. The summed E-state index contributed by atoms with van der Waals surface area (Å²) in [4.78, 5) is 26.8. The van der Waals surface area contributed by atoms with Crippen LogP contribution in [0, 0.1) is 0 Å². The number of piperazine rings is 1. The van der Waals surface area contributed by atoms with E-state index in [-0.39, 0.29) is 11.9 Å². The second-order valence-corrected chi connectivity index (χ2v) is 4.33. The van der Waals surface area contributed by atoms with Gasteiger partial charge in [0.1, 0.15) is 6.61 Å². The molecule has 106 valence electrons. The monoisotopic (exact) mass is 266 g/mol. The van der Waals surface area contributed by atoms with Crippen LogP contribution < -0.4 is 0 Å². The third-order valence-electron chi connectivity index (χ3n) is 2.95. The van der Waals surface area contributed by atoms with Crippen molar-refractivity contribution in [3.05, 3.63) is 24.3 Å². The maximum atomic E-state index is 11.6. The summed E-state index contributed by atoms with van der Waals surface area (Å²) in [6.07, 6.45) is 6.42. The molecule has 0 N–H and O–H groups in total. The molecule has 1 saturated heterocycles. The Bertz CT molecular complexity index is 353. The first kappa shape index (κ1) is 15.4. The van der Waals surface area contributed by atoms with Crippen LogP contribution in [0.15, 0.2) is 24.3 Å². The highest BCUT2D eigenvalue weighted by atomic mass is 16.5. The zero-order valence-electron chi connectivity index (χ0n) is 11.7. The molecule has 0 aromatic carbocycles. The first-order chi connectivity index (χ1) is 9.17. The highest BCUT2D eigenvalue weighted by Crippen LogP contribution is 2.02. The van der Waals surface area contributed by atoms with Gasteiger partial charge in [-0.1, -0.05) is 12.2 Å². The molecule has 0 bridgehead atoms. The minimum absolute atomic E-state index is 0.0710. The fourth-order valence-corrected chi connectivity index (χ4v) is 1.90. The van der Waals surface area contributed by atoms with Gasteiger partial charge < -0.3 is 9.64 Å². The van der Waals surface area contributed by atoms with Crippen molar-refractivity contribution in [2.24, 2.45) is 0 Å². The maximum absolute atomic E-state index is 11.6. The predicted octanol–water partition coefficient (Wildman–Crippen LogP) is 0.826. The molecule has 5 nitrogen and oxygen atoms in total. The Balaban J connectivity index is 2.20. The van der Waals surface area contributed by atoms with Crippen LogP contribution in [0.2, 0.25) is 0 Å². The van der Waals surface area contributed by atoms with Gasteiger partial charge in [0.25, 0.3) is 0 Å². The van der Waals surface area contributed by atoms with E-state index in [0.717, 1.165) is 32.7 Å². The smallest absolute Gasteiger partial charge is 0.330 e. The third-order valence-corrected chi connectivity index (χ3v) is 2.95. The SMILES string of the molecule is CC=CC(=O)OCCN1CCN(C(=O)C=CC)CC1. The molecule has 1 aliphatic rings. The van der Waals surface area contributed by atoms with E-state index in [9.17, 15) is 9.59 Å². The van der Waals surface area contributed by atoms with Crippen molar-refractivity contribution in [1.82, 2.24) is 9.80 Å². The summed E-state index contributed by atoms with van der Waals surface area (Å²) < 4.78 is 5.04. The number of carbonyl (C=O) groups excluding carboxylic acids is 2. The number of ether oxygens (including phenoxy) is 1. The van der Waals surface area contributed by atoms with Gasteiger partial charge in [0.2, 0.25) is 5.91 Å². The van der Waals surface area contributed by atoms with E-state index in [1.165, 1.54) is 6.08 Å². The summed E-state index contributed by atoms with van der Waals surface area (Å²) in [5.74, 6) is -0.231. The van der Waals surface area contributed by atoms with Crippen molar-refractivity contribution in [2.45, 2.75) is 13.8 Å². The lowest BCUT2D eigenvalue weighted by atomic mass is 10.3. The standard InChI is InChI=1S/C14H22N2O3/c1-3-5-13(17)16-9-7-15(8-10-16)11-12-19-14(18)6-4-2/h3-6H,7-12H2,1-2H3. The van der Waals surface area contributed by atoms with Crippen LogP contribution >= 0.6 is 0 Å². The molecule has 0 aromatic heterocycles. The number of carbonyl (C=O) groups is 2. The molecule has 0 atom stereocenters. The molecule has 0 saturated carbocycles. The molecule has 1 fully saturated rings. The number of allylic oxidation sites excluding steroid dienone is 2. The van der Waals surface area contributed by atoms with E-state index in [1.54, 1.807) is 25.2 Å². The van der Waals surface area contributed by atoms with Crippen LogP contribution in [0.1, 0.15) is 13.8 Å². The van der Waals surface area contributed by atoms with Crippen molar-refractivity contribution < 1.29 is 14.3 Å². The van der Waals surface area contributed by atoms with Crippen molar-refractivity contribution in [1.29, 1.82) is 0 Å². The van der Waals surface area contributed by atoms with Crippen molar-refractivity contribution >= 4 is 11.9 Å². The molecule has 1 rings (SSSR count). The summed E-state index contributed by atoms with van der Waals surface area (Å²) in [6.45, 7) is 7.84. The average Bonchev–Trinajstić information content (AvgIpc) is 2.40. The largest absolute Gasteiger partial charge is 0.461 e. The van der Waals surface area contributed by atoms with Gasteiger partial charge >= 0.3 is 5.97 Å². The third kappa shape index (κ3) is 5.70. The molecule has 19 heavy (non-hydrogen) atoms.